The zero-order chi connectivity index (χ0) is 37.1. The van der Waals surface area contributed by atoms with Gasteiger partial charge in [-0.05, 0) is 38.7 Å². The van der Waals surface area contributed by atoms with Crippen molar-refractivity contribution in [3.05, 3.63) is 0 Å². The summed E-state index contributed by atoms with van der Waals surface area (Å²) in [5.41, 5.74) is 5.57. The Kier molecular flexibility index (Phi) is 21.0. The van der Waals surface area contributed by atoms with E-state index < -0.39 is 122 Å². The van der Waals surface area contributed by atoms with E-state index in [2.05, 4.69) is 39.2 Å². The van der Waals surface area contributed by atoms with Crippen molar-refractivity contribution in [2.75, 3.05) is 30.9 Å². The fourth-order valence-corrected chi connectivity index (χ4v) is 4.40. The van der Waals surface area contributed by atoms with Gasteiger partial charge in [-0.1, -0.05) is 0 Å². The molecule has 0 fully saturated rings. The van der Waals surface area contributed by atoms with Crippen molar-refractivity contribution >= 4 is 71.8 Å². The van der Waals surface area contributed by atoms with Crippen LogP contribution in [0.15, 0.2) is 0 Å². The number of carboxylic acids is 2. The number of aliphatic hydroxyl groups is 3. The molecule has 0 aliphatic heterocycles. The van der Waals surface area contributed by atoms with Crippen LogP contribution in [0.5, 0.6) is 0 Å². The van der Waals surface area contributed by atoms with Gasteiger partial charge in [0, 0.05) is 12.2 Å². The van der Waals surface area contributed by atoms with Crippen molar-refractivity contribution < 1.29 is 63.9 Å². The van der Waals surface area contributed by atoms with Gasteiger partial charge >= 0.3 is 11.9 Å². The molecule has 0 saturated carbocycles. The lowest BCUT2D eigenvalue weighted by atomic mass is 10.1. The Morgan fingerprint density at radius 3 is 1.62 bits per heavy atom. The van der Waals surface area contributed by atoms with E-state index in [1.54, 1.807) is 6.26 Å². The molecule has 8 atom stereocenters. The number of hydrogen-bond donors (Lipinski definition) is 13. The van der Waals surface area contributed by atoms with Crippen LogP contribution in [0.1, 0.15) is 33.1 Å². The molecule has 0 bridgehead atoms. The Bertz CT molecular complexity index is 1150. The van der Waals surface area contributed by atoms with Gasteiger partial charge in [0.25, 0.3) is 0 Å². The summed E-state index contributed by atoms with van der Waals surface area (Å²) in [6.07, 6.45) is -2.16. The number of hydrogen-bond acceptors (Lipinski definition) is 14. The number of nitrogens with two attached hydrogens (primary N) is 1. The molecule has 274 valence electrons. The predicted octanol–water partition coefficient (Wildman–Crippen LogP) is -5.76. The molecule has 22 heteroatoms. The molecule has 0 aromatic heterocycles. The topological polar surface area (TPSA) is 336 Å². The average Bonchev–Trinajstić information content (AvgIpc) is 3.02. The van der Waals surface area contributed by atoms with E-state index in [1.807, 2.05) is 5.32 Å². The van der Waals surface area contributed by atoms with Gasteiger partial charge in [-0.3, -0.25) is 38.4 Å². The number of aliphatic hydroxyl groups excluding tert-OH is 3. The Morgan fingerprint density at radius 2 is 1.19 bits per heavy atom. The minimum absolute atomic E-state index is 0.0142. The van der Waals surface area contributed by atoms with E-state index in [0.717, 1.165) is 0 Å². The molecular weight excluding hydrogens is 682 g/mol. The Balaban J connectivity index is 5.90. The smallest absolute Gasteiger partial charge is 0.322 e. The standard InChI is InChI=1S/C26H45N7O13S2/c1-11(35)19(27)25(45)33-20(12(2)36)26(46)32-16(10-47)24(44)30-14(6-7-48-3)23(43)29-13(4-5-17(37)38)22(42)31-15(9-34)21(41)28-8-18(39)40/h11-16,19-20,34-36,47H,4-10,27H2,1-3H3,(H,28,41)(H,29,43)(H,30,44)(H,31,42)(H,32,46)(H,33,45)(H,37,38)(H,39,40)/t11-,12-,13+,14+,15+,16+,19+,20+/m1/s1. The third kappa shape index (κ3) is 16.4. The molecule has 0 saturated heterocycles. The van der Waals surface area contributed by atoms with E-state index in [9.17, 15) is 53.7 Å². The predicted molar refractivity (Wildman–Crippen MR) is 172 cm³/mol. The molecule has 20 nitrogen and oxygen atoms in total. The first-order chi connectivity index (χ1) is 22.4. The highest BCUT2D eigenvalue weighted by Gasteiger charge is 2.34. The Labute approximate surface area is 285 Å². The van der Waals surface area contributed by atoms with Gasteiger partial charge in [-0.2, -0.15) is 24.4 Å². The molecule has 48 heavy (non-hydrogen) atoms. The number of carboxylic acid groups (broad SMARTS) is 2. The first-order valence-corrected chi connectivity index (χ1v) is 16.5. The van der Waals surface area contributed by atoms with Crippen LogP contribution in [0, 0.1) is 0 Å². The number of nitrogens with one attached hydrogen (secondary N) is 6. The van der Waals surface area contributed by atoms with Gasteiger partial charge < -0.3 is 63.2 Å². The molecule has 0 aromatic rings. The summed E-state index contributed by atoms with van der Waals surface area (Å²) in [7, 11) is 0. The largest absolute Gasteiger partial charge is 0.481 e. The molecule has 0 aliphatic rings. The van der Waals surface area contributed by atoms with E-state index in [1.165, 1.54) is 25.6 Å². The lowest BCUT2D eigenvalue weighted by Gasteiger charge is -2.27. The normalized spacial score (nSPS) is 15.9. The number of carbonyl (C=O) groups is 8. The quantitative estimate of drug-likeness (QED) is 0.0436. The maximum absolute atomic E-state index is 13.3. The van der Waals surface area contributed by atoms with E-state index in [-0.39, 0.29) is 12.2 Å². The van der Waals surface area contributed by atoms with Crippen LogP contribution >= 0.6 is 24.4 Å². The fraction of sp³-hybridized carbons (Fsp3) is 0.692. The van der Waals surface area contributed by atoms with Gasteiger partial charge in [0.1, 0.15) is 42.8 Å². The van der Waals surface area contributed by atoms with Crippen molar-refractivity contribution in [3.8, 4) is 0 Å². The minimum Gasteiger partial charge on any atom is -0.481 e. The summed E-state index contributed by atoms with van der Waals surface area (Å²) >= 11 is 5.35. The van der Waals surface area contributed by atoms with Gasteiger partial charge in [0.2, 0.25) is 35.4 Å². The highest BCUT2D eigenvalue weighted by Crippen LogP contribution is 2.06. The van der Waals surface area contributed by atoms with Crippen LogP contribution in [0.2, 0.25) is 0 Å². The summed E-state index contributed by atoms with van der Waals surface area (Å²) in [5, 5.41) is 60.3. The van der Waals surface area contributed by atoms with Crippen molar-refractivity contribution in [2.24, 2.45) is 5.73 Å². The summed E-state index contributed by atoms with van der Waals surface area (Å²) in [6.45, 7) is 0.634. The third-order valence-electron chi connectivity index (χ3n) is 6.45. The van der Waals surface area contributed by atoms with Crippen LogP contribution in [-0.2, 0) is 38.4 Å². The fourth-order valence-electron chi connectivity index (χ4n) is 3.67. The molecule has 0 radical (unpaired) electrons. The molecule has 0 rings (SSSR count). The van der Waals surface area contributed by atoms with Crippen LogP contribution in [0.3, 0.4) is 0 Å². The summed E-state index contributed by atoms with van der Waals surface area (Å²) < 4.78 is 0. The average molecular weight is 728 g/mol. The SMILES string of the molecule is CSCC[C@H](NC(=O)[C@H](CS)NC(=O)[C@@H](NC(=O)[C@@H](N)[C@@H](C)O)[C@@H](C)O)C(=O)N[C@@H](CCC(=O)O)C(=O)N[C@@H](CO)C(=O)NCC(=O)O. The maximum atomic E-state index is 13.3. The summed E-state index contributed by atoms with van der Waals surface area (Å²) in [5.74, 6) is -8.78. The number of carbonyl (C=O) groups excluding carboxylic acids is 6. The highest BCUT2D eigenvalue weighted by atomic mass is 32.2. The first kappa shape index (κ1) is 44.3. The van der Waals surface area contributed by atoms with Gasteiger partial charge in [-0.25, -0.2) is 0 Å². The zero-order valence-electron chi connectivity index (χ0n) is 26.5. The van der Waals surface area contributed by atoms with Gasteiger partial charge in [-0.15, -0.1) is 0 Å². The van der Waals surface area contributed by atoms with Crippen molar-refractivity contribution in [3.63, 3.8) is 0 Å². The number of rotatable bonds is 23. The third-order valence-corrected chi connectivity index (χ3v) is 7.46. The number of thiol groups is 1. The second-order valence-electron chi connectivity index (χ2n) is 10.4. The van der Waals surface area contributed by atoms with Crippen molar-refractivity contribution in [2.45, 2.75) is 81.6 Å². The zero-order valence-corrected chi connectivity index (χ0v) is 28.2. The molecule has 6 amide bonds. The number of thioether (sulfide) groups is 1. The molecule has 0 spiro atoms. The molecule has 0 unspecified atom stereocenters. The van der Waals surface area contributed by atoms with Crippen molar-refractivity contribution in [1.82, 2.24) is 31.9 Å². The Hall–Kier alpha value is -3.70. The first-order valence-electron chi connectivity index (χ1n) is 14.4. The van der Waals surface area contributed by atoms with E-state index in [4.69, 9.17) is 15.9 Å². The van der Waals surface area contributed by atoms with Crippen molar-refractivity contribution in [1.29, 1.82) is 0 Å². The molecule has 13 N–H and O–H groups in total. The van der Waals surface area contributed by atoms with E-state index >= 15 is 0 Å². The molecule has 0 aliphatic carbocycles. The lowest BCUT2D eigenvalue weighted by Crippen LogP contribution is -2.62. The monoisotopic (exact) mass is 727 g/mol. The second-order valence-corrected chi connectivity index (χ2v) is 11.8. The van der Waals surface area contributed by atoms with Crippen LogP contribution in [-0.4, -0.2) is 152 Å². The maximum Gasteiger partial charge on any atom is 0.322 e. The molecule has 0 aromatic carbocycles. The minimum atomic E-state index is -1.65. The van der Waals surface area contributed by atoms with Gasteiger partial charge in [0.15, 0.2) is 0 Å². The highest BCUT2D eigenvalue weighted by molar-refractivity contribution is 7.98. The van der Waals surface area contributed by atoms with Crippen LogP contribution in [0.4, 0.5) is 0 Å². The van der Waals surface area contributed by atoms with Gasteiger partial charge in [0.05, 0.1) is 18.8 Å². The molecular formula is C26H45N7O13S2. The van der Waals surface area contributed by atoms with Crippen LogP contribution < -0.4 is 37.6 Å². The summed E-state index contributed by atoms with van der Waals surface area (Å²) in [4.78, 5) is 98.7. The Morgan fingerprint density at radius 1 is 0.688 bits per heavy atom. The van der Waals surface area contributed by atoms with E-state index in [0.29, 0.717) is 5.75 Å². The molecule has 0 heterocycles. The summed E-state index contributed by atoms with van der Waals surface area (Å²) in [6, 6.07) is -9.04. The number of aliphatic carboxylic acids is 2. The number of amides is 6. The van der Waals surface area contributed by atoms with Crippen LogP contribution in [0.25, 0.3) is 0 Å². The lowest BCUT2D eigenvalue weighted by molar-refractivity contribution is -0.139. The second kappa shape index (κ2) is 22.8.